The van der Waals surface area contributed by atoms with Crippen molar-refractivity contribution in [3.8, 4) is 0 Å². The van der Waals surface area contributed by atoms with Crippen molar-refractivity contribution in [2.45, 2.75) is 25.7 Å². The fourth-order valence-electron chi connectivity index (χ4n) is 2.38. The van der Waals surface area contributed by atoms with E-state index in [0.29, 0.717) is 16.9 Å². The lowest BCUT2D eigenvalue weighted by Gasteiger charge is -2.12. The van der Waals surface area contributed by atoms with E-state index in [0.717, 1.165) is 22.9 Å². The lowest BCUT2D eigenvalue weighted by atomic mass is 10.1. The van der Waals surface area contributed by atoms with Gasteiger partial charge in [-0.3, -0.25) is 9.59 Å². The van der Waals surface area contributed by atoms with Gasteiger partial charge in [-0.15, -0.1) is 11.8 Å². The number of thioether (sulfide) groups is 1. The molecule has 0 aromatic heterocycles. The molecule has 0 spiro atoms. The zero-order valence-corrected chi connectivity index (χ0v) is 17.5. The summed E-state index contributed by atoms with van der Waals surface area (Å²) in [5.41, 5.74) is 3.64. The molecule has 2 aromatic carbocycles. The summed E-state index contributed by atoms with van der Waals surface area (Å²) in [5, 5.41) is 10.6. The molecule has 0 aliphatic rings. The van der Waals surface area contributed by atoms with Gasteiger partial charge in [0.15, 0.2) is 0 Å². The third-order valence-corrected chi connectivity index (χ3v) is 5.87. The molecule has 0 saturated heterocycles. The number of rotatable bonds is 7. The quantitative estimate of drug-likeness (QED) is 0.635. The number of hydrogen-bond acceptors (Lipinski definition) is 5. The molecule has 2 rings (SSSR count). The molecule has 2 aromatic rings. The summed E-state index contributed by atoms with van der Waals surface area (Å²) < 4.78 is 23.1. The molecule has 4 N–H and O–H groups in total. The van der Waals surface area contributed by atoms with E-state index in [1.54, 1.807) is 13.8 Å². The predicted octanol–water partition coefficient (Wildman–Crippen LogP) is 2.57. The second-order valence-electron chi connectivity index (χ2n) is 6.41. The lowest BCUT2D eigenvalue weighted by Crippen LogP contribution is -2.19. The third kappa shape index (κ3) is 6.36. The summed E-state index contributed by atoms with van der Waals surface area (Å²) in [6, 6.07) is 10.2. The van der Waals surface area contributed by atoms with Crippen molar-refractivity contribution in [3.63, 3.8) is 0 Å². The average Bonchev–Trinajstić information content (AvgIpc) is 2.60. The van der Waals surface area contributed by atoms with Crippen molar-refractivity contribution in [2.24, 2.45) is 5.14 Å². The Labute approximate surface area is 169 Å². The minimum Gasteiger partial charge on any atom is -0.325 e. The van der Waals surface area contributed by atoms with Crippen molar-refractivity contribution in [2.75, 3.05) is 22.1 Å². The number of hydrogen-bond donors (Lipinski definition) is 3. The first-order chi connectivity index (χ1) is 13.1. The van der Waals surface area contributed by atoms with Gasteiger partial charge in [0, 0.05) is 11.4 Å². The van der Waals surface area contributed by atoms with Crippen LogP contribution in [0.4, 0.5) is 11.4 Å². The molecule has 0 unspecified atom stereocenters. The number of nitrogens with two attached hydrogens (primary N) is 1. The van der Waals surface area contributed by atoms with Crippen LogP contribution in [0.1, 0.15) is 16.7 Å². The van der Waals surface area contributed by atoms with Gasteiger partial charge in [0.2, 0.25) is 21.8 Å². The zero-order valence-electron chi connectivity index (χ0n) is 15.9. The standard InChI is InChI=1S/C19H23N3O4S2/c1-12-4-6-15(7-5-12)21-18(23)10-27-11-19(24)22-17-9-16(28(20,25)26)8-13(2)14(17)3/h4-9H,10-11H2,1-3H3,(H,21,23)(H,22,24)(H2,20,25,26). The number of anilines is 2. The number of carbonyl (C=O) groups excluding carboxylic acids is 2. The van der Waals surface area contributed by atoms with Crippen LogP contribution in [-0.4, -0.2) is 31.7 Å². The molecule has 150 valence electrons. The number of nitrogens with one attached hydrogen (secondary N) is 2. The van der Waals surface area contributed by atoms with E-state index in [2.05, 4.69) is 10.6 Å². The Morgan fingerprint density at radius 1 is 0.964 bits per heavy atom. The van der Waals surface area contributed by atoms with Crippen LogP contribution >= 0.6 is 11.8 Å². The number of primary sulfonamides is 1. The second kappa shape index (κ2) is 9.22. The first-order valence-corrected chi connectivity index (χ1v) is 11.1. The van der Waals surface area contributed by atoms with Crippen LogP contribution in [0.2, 0.25) is 0 Å². The summed E-state index contributed by atoms with van der Waals surface area (Å²) in [6.45, 7) is 5.48. The number of sulfonamides is 1. The summed E-state index contributed by atoms with van der Waals surface area (Å²) in [4.78, 5) is 24.1. The highest BCUT2D eigenvalue weighted by molar-refractivity contribution is 8.00. The smallest absolute Gasteiger partial charge is 0.238 e. The lowest BCUT2D eigenvalue weighted by molar-refractivity contribution is -0.114. The molecular weight excluding hydrogens is 398 g/mol. The highest BCUT2D eigenvalue weighted by Gasteiger charge is 2.14. The molecule has 0 fully saturated rings. The van der Waals surface area contributed by atoms with E-state index in [9.17, 15) is 18.0 Å². The van der Waals surface area contributed by atoms with Gasteiger partial charge in [-0.2, -0.15) is 0 Å². The molecule has 0 heterocycles. The summed E-state index contributed by atoms with van der Waals surface area (Å²) in [7, 11) is -3.87. The van der Waals surface area contributed by atoms with Gasteiger partial charge < -0.3 is 10.6 Å². The Balaban J connectivity index is 1.89. The first kappa shape index (κ1) is 21.9. The molecule has 7 nitrogen and oxygen atoms in total. The minimum atomic E-state index is -3.87. The van der Waals surface area contributed by atoms with E-state index in [-0.39, 0.29) is 28.2 Å². The van der Waals surface area contributed by atoms with Gasteiger partial charge in [-0.05, 0) is 56.2 Å². The zero-order chi connectivity index (χ0) is 20.9. The minimum absolute atomic E-state index is 0.0550. The molecule has 0 saturated carbocycles. The molecule has 28 heavy (non-hydrogen) atoms. The van der Waals surface area contributed by atoms with Crippen LogP contribution in [0, 0.1) is 20.8 Å². The van der Waals surface area contributed by atoms with E-state index >= 15 is 0 Å². The van der Waals surface area contributed by atoms with Crippen LogP contribution in [0.3, 0.4) is 0 Å². The number of benzene rings is 2. The topological polar surface area (TPSA) is 118 Å². The monoisotopic (exact) mass is 421 g/mol. The average molecular weight is 422 g/mol. The van der Waals surface area contributed by atoms with Gasteiger partial charge in [0.1, 0.15) is 0 Å². The maximum absolute atomic E-state index is 12.2. The van der Waals surface area contributed by atoms with Crippen LogP contribution in [-0.2, 0) is 19.6 Å². The van der Waals surface area contributed by atoms with Crippen molar-refractivity contribution >= 4 is 45.0 Å². The maximum Gasteiger partial charge on any atom is 0.238 e. The Hall–Kier alpha value is -2.36. The van der Waals surface area contributed by atoms with Gasteiger partial charge in [-0.1, -0.05) is 17.7 Å². The van der Waals surface area contributed by atoms with Gasteiger partial charge >= 0.3 is 0 Å². The Kier molecular flexibility index (Phi) is 7.22. The molecule has 0 radical (unpaired) electrons. The van der Waals surface area contributed by atoms with Gasteiger partial charge in [0.05, 0.1) is 16.4 Å². The van der Waals surface area contributed by atoms with E-state index in [1.807, 2.05) is 31.2 Å². The van der Waals surface area contributed by atoms with Crippen LogP contribution < -0.4 is 15.8 Å². The van der Waals surface area contributed by atoms with E-state index < -0.39 is 10.0 Å². The fourth-order valence-corrected chi connectivity index (χ4v) is 3.62. The highest BCUT2D eigenvalue weighted by atomic mass is 32.2. The van der Waals surface area contributed by atoms with Crippen molar-refractivity contribution in [1.82, 2.24) is 0 Å². The Bertz CT molecular complexity index is 987. The first-order valence-electron chi connectivity index (χ1n) is 8.44. The van der Waals surface area contributed by atoms with Gasteiger partial charge in [-0.25, -0.2) is 13.6 Å². The molecular formula is C19H23N3O4S2. The fraction of sp³-hybridized carbons (Fsp3) is 0.263. The van der Waals surface area contributed by atoms with Gasteiger partial charge in [0.25, 0.3) is 0 Å². The van der Waals surface area contributed by atoms with Crippen LogP contribution in [0.15, 0.2) is 41.3 Å². The van der Waals surface area contributed by atoms with Crippen LogP contribution in [0.5, 0.6) is 0 Å². The molecule has 0 atom stereocenters. The molecule has 0 aliphatic heterocycles. The largest absolute Gasteiger partial charge is 0.325 e. The number of amides is 2. The Morgan fingerprint density at radius 2 is 1.54 bits per heavy atom. The summed E-state index contributed by atoms with van der Waals surface area (Å²) in [5.74, 6) is -0.359. The number of carbonyl (C=O) groups is 2. The maximum atomic E-state index is 12.2. The molecule has 2 amide bonds. The van der Waals surface area contributed by atoms with E-state index in [4.69, 9.17) is 5.14 Å². The molecule has 0 aliphatic carbocycles. The van der Waals surface area contributed by atoms with Crippen LogP contribution in [0.25, 0.3) is 0 Å². The second-order valence-corrected chi connectivity index (χ2v) is 8.96. The molecule has 0 bridgehead atoms. The SMILES string of the molecule is Cc1ccc(NC(=O)CSCC(=O)Nc2cc(S(N)(=O)=O)cc(C)c2C)cc1. The molecule has 9 heteroatoms. The van der Waals surface area contributed by atoms with Crippen molar-refractivity contribution < 1.29 is 18.0 Å². The normalized spacial score (nSPS) is 11.1. The third-order valence-electron chi connectivity index (χ3n) is 4.05. The summed E-state index contributed by atoms with van der Waals surface area (Å²) >= 11 is 1.16. The highest BCUT2D eigenvalue weighted by Crippen LogP contribution is 2.23. The summed E-state index contributed by atoms with van der Waals surface area (Å²) in [6.07, 6.45) is 0. The number of aryl methyl sites for hydroxylation is 2. The van der Waals surface area contributed by atoms with Crippen molar-refractivity contribution in [1.29, 1.82) is 0 Å². The van der Waals surface area contributed by atoms with E-state index in [1.165, 1.54) is 12.1 Å². The predicted molar refractivity (Wildman–Crippen MR) is 113 cm³/mol. The Morgan fingerprint density at radius 3 is 2.11 bits per heavy atom. The van der Waals surface area contributed by atoms with Crippen molar-refractivity contribution in [3.05, 3.63) is 53.1 Å².